The van der Waals surface area contributed by atoms with E-state index in [0.29, 0.717) is 38.2 Å². The lowest BCUT2D eigenvalue weighted by Gasteiger charge is -2.30. The van der Waals surface area contributed by atoms with E-state index >= 15 is 0 Å². The number of carbonyl (C=O) groups is 2. The van der Waals surface area contributed by atoms with Crippen molar-refractivity contribution >= 4 is 23.2 Å². The Morgan fingerprint density at radius 1 is 1.28 bits per heavy atom. The van der Waals surface area contributed by atoms with E-state index in [1.807, 2.05) is 12.3 Å². The maximum absolute atomic E-state index is 12.6. The SMILES string of the molecule is CCOC(=O)C1CCN(C(=O)c2csc(CN3CCOCC3)n2)CC1. The first-order chi connectivity index (χ1) is 12.2. The lowest BCUT2D eigenvalue weighted by Crippen LogP contribution is -2.40. The Bertz CT molecular complexity index is 592. The Labute approximate surface area is 151 Å². The number of carbonyl (C=O) groups excluding carboxylic acids is 2. The van der Waals surface area contributed by atoms with E-state index in [-0.39, 0.29) is 17.8 Å². The van der Waals surface area contributed by atoms with Gasteiger partial charge in [-0.25, -0.2) is 4.98 Å². The zero-order valence-electron chi connectivity index (χ0n) is 14.6. The maximum atomic E-state index is 12.6. The quantitative estimate of drug-likeness (QED) is 0.733. The van der Waals surface area contributed by atoms with E-state index in [9.17, 15) is 9.59 Å². The maximum Gasteiger partial charge on any atom is 0.309 e. The topological polar surface area (TPSA) is 72.0 Å². The molecule has 1 aromatic heterocycles. The van der Waals surface area contributed by atoms with Crippen LogP contribution in [0, 0.1) is 5.92 Å². The fraction of sp³-hybridized carbons (Fsp3) is 0.706. The van der Waals surface area contributed by atoms with E-state index in [1.54, 1.807) is 4.90 Å². The average Bonchev–Trinajstić information content (AvgIpc) is 3.11. The number of rotatable bonds is 5. The van der Waals surface area contributed by atoms with Crippen molar-refractivity contribution in [2.75, 3.05) is 46.0 Å². The molecule has 2 aliphatic rings. The Morgan fingerprint density at radius 2 is 2.00 bits per heavy atom. The number of likely N-dealkylation sites (tertiary alicyclic amines) is 1. The fourth-order valence-electron chi connectivity index (χ4n) is 3.17. The molecule has 138 valence electrons. The Kier molecular flexibility index (Phi) is 6.39. The first kappa shape index (κ1) is 18.3. The summed E-state index contributed by atoms with van der Waals surface area (Å²) in [6.07, 6.45) is 1.32. The van der Waals surface area contributed by atoms with Gasteiger partial charge in [0.2, 0.25) is 0 Å². The number of esters is 1. The smallest absolute Gasteiger partial charge is 0.309 e. The minimum atomic E-state index is -0.143. The molecule has 0 saturated carbocycles. The number of morpholine rings is 1. The predicted molar refractivity (Wildman–Crippen MR) is 93.5 cm³/mol. The van der Waals surface area contributed by atoms with Crippen LogP contribution in [-0.2, 0) is 20.8 Å². The second-order valence-corrected chi connectivity index (χ2v) is 7.28. The largest absolute Gasteiger partial charge is 0.466 e. The van der Waals surface area contributed by atoms with E-state index in [0.717, 1.165) is 37.9 Å². The highest BCUT2D eigenvalue weighted by atomic mass is 32.1. The van der Waals surface area contributed by atoms with Crippen LogP contribution in [0.15, 0.2) is 5.38 Å². The van der Waals surface area contributed by atoms with Gasteiger partial charge in [-0.3, -0.25) is 14.5 Å². The molecule has 2 aliphatic heterocycles. The van der Waals surface area contributed by atoms with Gasteiger partial charge in [-0.05, 0) is 19.8 Å². The second-order valence-electron chi connectivity index (χ2n) is 6.33. The fourth-order valence-corrected chi connectivity index (χ4v) is 3.98. The van der Waals surface area contributed by atoms with Crippen molar-refractivity contribution in [2.45, 2.75) is 26.3 Å². The van der Waals surface area contributed by atoms with Crippen LogP contribution in [0.4, 0.5) is 0 Å². The summed E-state index contributed by atoms with van der Waals surface area (Å²) in [4.78, 5) is 33.0. The molecule has 25 heavy (non-hydrogen) atoms. The van der Waals surface area contributed by atoms with Gasteiger partial charge in [0.1, 0.15) is 10.7 Å². The number of thiazole rings is 1. The first-order valence-electron chi connectivity index (χ1n) is 8.87. The molecule has 0 spiro atoms. The third-order valence-electron chi connectivity index (χ3n) is 4.64. The molecule has 1 aromatic rings. The molecule has 0 bridgehead atoms. The lowest BCUT2D eigenvalue weighted by atomic mass is 9.97. The summed E-state index contributed by atoms with van der Waals surface area (Å²) in [7, 11) is 0. The van der Waals surface area contributed by atoms with Crippen molar-refractivity contribution in [3.63, 3.8) is 0 Å². The van der Waals surface area contributed by atoms with E-state index in [2.05, 4.69) is 9.88 Å². The van der Waals surface area contributed by atoms with Gasteiger partial charge in [0, 0.05) is 31.6 Å². The average molecular weight is 367 g/mol. The van der Waals surface area contributed by atoms with Crippen LogP contribution in [0.3, 0.4) is 0 Å². The molecule has 3 heterocycles. The van der Waals surface area contributed by atoms with Crippen molar-refractivity contribution in [1.29, 1.82) is 0 Å². The highest BCUT2D eigenvalue weighted by Gasteiger charge is 2.29. The molecule has 3 rings (SSSR count). The third-order valence-corrected chi connectivity index (χ3v) is 5.47. The highest BCUT2D eigenvalue weighted by molar-refractivity contribution is 7.09. The molecule has 2 saturated heterocycles. The van der Waals surface area contributed by atoms with Gasteiger partial charge in [0.25, 0.3) is 5.91 Å². The Hall–Kier alpha value is -1.51. The summed E-state index contributed by atoms with van der Waals surface area (Å²) in [6.45, 7) is 7.48. The number of aromatic nitrogens is 1. The standard InChI is InChI=1S/C17H25N3O4S/c1-2-24-17(22)13-3-5-20(6-4-13)16(21)14-12-25-15(18-14)11-19-7-9-23-10-8-19/h12-13H,2-11H2,1H3. The third kappa shape index (κ3) is 4.77. The van der Waals surface area contributed by atoms with Crippen LogP contribution in [0.25, 0.3) is 0 Å². The van der Waals surface area contributed by atoms with Crippen molar-refractivity contribution < 1.29 is 19.1 Å². The molecular formula is C17H25N3O4S. The number of hydrogen-bond acceptors (Lipinski definition) is 7. The molecule has 2 fully saturated rings. The molecule has 0 atom stereocenters. The Morgan fingerprint density at radius 3 is 2.68 bits per heavy atom. The zero-order chi connectivity index (χ0) is 17.6. The molecule has 0 aromatic carbocycles. The minimum Gasteiger partial charge on any atom is -0.466 e. The summed E-state index contributed by atoms with van der Waals surface area (Å²) in [5.41, 5.74) is 0.517. The van der Waals surface area contributed by atoms with Gasteiger partial charge in [-0.2, -0.15) is 0 Å². The van der Waals surface area contributed by atoms with Crippen LogP contribution >= 0.6 is 11.3 Å². The van der Waals surface area contributed by atoms with Gasteiger partial charge >= 0.3 is 5.97 Å². The monoisotopic (exact) mass is 367 g/mol. The van der Waals surface area contributed by atoms with Crippen LogP contribution < -0.4 is 0 Å². The number of hydrogen-bond donors (Lipinski definition) is 0. The molecular weight excluding hydrogens is 342 g/mol. The summed E-state index contributed by atoms with van der Waals surface area (Å²) in [5.74, 6) is -0.265. The number of amides is 1. The van der Waals surface area contributed by atoms with Crippen molar-refractivity contribution in [3.05, 3.63) is 16.1 Å². The van der Waals surface area contributed by atoms with Gasteiger partial charge < -0.3 is 14.4 Å². The van der Waals surface area contributed by atoms with Crippen LogP contribution in [-0.4, -0.2) is 72.7 Å². The molecule has 8 heteroatoms. The van der Waals surface area contributed by atoms with Crippen molar-refractivity contribution in [1.82, 2.24) is 14.8 Å². The normalized spacial score (nSPS) is 19.8. The van der Waals surface area contributed by atoms with E-state index in [1.165, 1.54) is 11.3 Å². The van der Waals surface area contributed by atoms with Crippen LogP contribution in [0.1, 0.15) is 35.3 Å². The van der Waals surface area contributed by atoms with Crippen LogP contribution in [0.5, 0.6) is 0 Å². The van der Waals surface area contributed by atoms with Gasteiger partial charge in [-0.1, -0.05) is 0 Å². The molecule has 1 amide bonds. The Balaban J connectivity index is 1.51. The van der Waals surface area contributed by atoms with Crippen molar-refractivity contribution in [2.24, 2.45) is 5.92 Å². The van der Waals surface area contributed by atoms with Gasteiger partial charge in [-0.15, -0.1) is 11.3 Å². The van der Waals surface area contributed by atoms with Gasteiger partial charge in [0.05, 0.1) is 32.3 Å². The summed E-state index contributed by atoms with van der Waals surface area (Å²) in [6, 6.07) is 0. The number of piperidine rings is 1. The molecule has 0 unspecified atom stereocenters. The molecule has 0 aliphatic carbocycles. The highest BCUT2D eigenvalue weighted by Crippen LogP contribution is 2.21. The molecule has 7 nitrogen and oxygen atoms in total. The van der Waals surface area contributed by atoms with Crippen molar-refractivity contribution in [3.8, 4) is 0 Å². The summed E-state index contributed by atoms with van der Waals surface area (Å²) >= 11 is 1.53. The number of ether oxygens (including phenoxy) is 2. The summed E-state index contributed by atoms with van der Waals surface area (Å²) < 4.78 is 10.4. The van der Waals surface area contributed by atoms with E-state index in [4.69, 9.17) is 9.47 Å². The molecule has 0 radical (unpaired) electrons. The van der Waals surface area contributed by atoms with Gasteiger partial charge in [0.15, 0.2) is 0 Å². The predicted octanol–water partition coefficient (Wildman–Crippen LogP) is 1.39. The first-order valence-corrected chi connectivity index (χ1v) is 9.75. The van der Waals surface area contributed by atoms with Crippen LogP contribution in [0.2, 0.25) is 0 Å². The number of nitrogens with zero attached hydrogens (tertiary/aromatic N) is 3. The zero-order valence-corrected chi connectivity index (χ0v) is 15.4. The minimum absolute atomic E-state index is 0.0354. The van der Waals surface area contributed by atoms with E-state index < -0.39 is 0 Å². The summed E-state index contributed by atoms with van der Waals surface area (Å²) in [5, 5.41) is 2.81. The lowest BCUT2D eigenvalue weighted by molar-refractivity contribution is -0.149. The second kappa shape index (κ2) is 8.73. The molecule has 0 N–H and O–H groups in total.